The van der Waals surface area contributed by atoms with Crippen molar-refractivity contribution < 1.29 is 13.2 Å². The van der Waals surface area contributed by atoms with Gasteiger partial charge in [0.15, 0.2) is 0 Å². The maximum Gasteiger partial charge on any atom is 0.416 e. The van der Waals surface area contributed by atoms with E-state index in [1.54, 1.807) is 12.1 Å². The monoisotopic (exact) mass is 258 g/mol. The van der Waals surface area contributed by atoms with Gasteiger partial charge in [0.25, 0.3) is 0 Å². The van der Waals surface area contributed by atoms with Crippen LogP contribution in [0, 0.1) is 0 Å². The van der Waals surface area contributed by atoms with Gasteiger partial charge in [0, 0.05) is 30.9 Å². The van der Waals surface area contributed by atoms with Crippen molar-refractivity contribution in [1.29, 1.82) is 0 Å². The molecular weight excluding hydrogens is 241 g/mol. The molecule has 0 aromatic heterocycles. The third kappa shape index (κ3) is 2.96. The van der Waals surface area contributed by atoms with Crippen molar-refractivity contribution in [2.75, 3.05) is 18.0 Å². The zero-order valence-electron chi connectivity index (χ0n) is 10.5. The molecule has 0 saturated carbocycles. The number of rotatable bonds is 1. The lowest BCUT2D eigenvalue weighted by atomic mass is 10.1. The van der Waals surface area contributed by atoms with Crippen molar-refractivity contribution in [2.45, 2.75) is 32.1 Å². The summed E-state index contributed by atoms with van der Waals surface area (Å²) in [6.07, 6.45) is -4.26. The zero-order valence-corrected chi connectivity index (χ0v) is 10.5. The fourth-order valence-electron chi connectivity index (χ4n) is 2.40. The smallest absolute Gasteiger partial charge is 0.368 e. The number of alkyl halides is 3. The fraction of sp³-hybridized carbons (Fsp3) is 0.538. The van der Waals surface area contributed by atoms with Gasteiger partial charge in [0.1, 0.15) is 0 Å². The zero-order chi connectivity index (χ0) is 13.3. The van der Waals surface area contributed by atoms with E-state index in [2.05, 4.69) is 24.1 Å². The minimum Gasteiger partial charge on any atom is -0.368 e. The van der Waals surface area contributed by atoms with Crippen molar-refractivity contribution in [3.63, 3.8) is 0 Å². The quantitative estimate of drug-likeness (QED) is 0.833. The van der Waals surface area contributed by atoms with Crippen LogP contribution in [0.25, 0.3) is 0 Å². The lowest BCUT2D eigenvalue weighted by molar-refractivity contribution is -0.137. The summed E-state index contributed by atoms with van der Waals surface area (Å²) in [4.78, 5) is 2.12. The van der Waals surface area contributed by atoms with E-state index in [0.29, 0.717) is 12.1 Å². The highest BCUT2D eigenvalue weighted by Crippen LogP contribution is 2.30. The first kappa shape index (κ1) is 13.2. The number of anilines is 1. The molecule has 100 valence electrons. The molecule has 1 aromatic carbocycles. The van der Waals surface area contributed by atoms with E-state index >= 15 is 0 Å². The standard InChI is InChI=1S/C13H17F3N2/c1-9-7-18(8-10(2)17-9)12-5-3-11(4-6-12)13(14,15)16/h3-6,9-10,17H,7-8H2,1-2H3/t9-,10+. The number of hydrogen-bond acceptors (Lipinski definition) is 2. The molecule has 0 bridgehead atoms. The Kier molecular flexibility index (Phi) is 3.52. The molecule has 2 nitrogen and oxygen atoms in total. The highest BCUT2D eigenvalue weighted by atomic mass is 19.4. The van der Waals surface area contributed by atoms with Crippen LogP contribution in [-0.2, 0) is 6.18 Å². The Labute approximate surface area is 105 Å². The van der Waals surface area contributed by atoms with Crippen LogP contribution in [0.1, 0.15) is 19.4 Å². The van der Waals surface area contributed by atoms with Gasteiger partial charge in [-0.1, -0.05) is 0 Å². The molecule has 0 aliphatic carbocycles. The molecule has 1 N–H and O–H groups in total. The second kappa shape index (κ2) is 4.80. The van der Waals surface area contributed by atoms with Crippen molar-refractivity contribution in [3.8, 4) is 0 Å². The Morgan fingerprint density at radius 1 is 1.06 bits per heavy atom. The van der Waals surface area contributed by atoms with Gasteiger partial charge in [-0.05, 0) is 38.1 Å². The number of piperazine rings is 1. The average molecular weight is 258 g/mol. The van der Waals surface area contributed by atoms with Crippen LogP contribution in [0.15, 0.2) is 24.3 Å². The van der Waals surface area contributed by atoms with Crippen LogP contribution in [0.5, 0.6) is 0 Å². The molecule has 0 unspecified atom stereocenters. The Hall–Kier alpha value is -1.23. The van der Waals surface area contributed by atoms with Crippen LogP contribution in [0.2, 0.25) is 0 Å². The first-order valence-corrected chi connectivity index (χ1v) is 6.04. The van der Waals surface area contributed by atoms with Gasteiger partial charge in [0.05, 0.1) is 5.56 Å². The summed E-state index contributed by atoms with van der Waals surface area (Å²) >= 11 is 0. The lowest BCUT2D eigenvalue weighted by Crippen LogP contribution is -2.54. The SMILES string of the molecule is C[C@@H]1CN(c2ccc(C(F)(F)F)cc2)C[C@H](C)N1. The normalized spacial score (nSPS) is 25.3. The Morgan fingerprint density at radius 2 is 1.56 bits per heavy atom. The summed E-state index contributed by atoms with van der Waals surface area (Å²) in [7, 11) is 0. The van der Waals surface area contributed by atoms with E-state index < -0.39 is 11.7 Å². The van der Waals surface area contributed by atoms with E-state index in [4.69, 9.17) is 0 Å². The number of nitrogens with one attached hydrogen (secondary N) is 1. The van der Waals surface area contributed by atoms with E-state index in [1.165, 1.54) is 0 Å². The number of halogens is 3. The lowest BCUT2D eigenvalue weighted by Gasteiger charge is -2.37. The molecular formula is C13H17F3N2. The number of benzene rings is 1. The summed E-state index contributed by atoms with van der Waals surface area (Å²) < 4.78 is 37.4. The molecule has 0 spiro atoms. The molecule has 2 rings (SSSR count). The summed E-state index contributed by atoms with van der Waals surface area (Å²) in [6.45, 7) is 5.78. The molecule has 2 atom stereocenters. The van der Waals surface area contributed by atoms with Gasteiger partial charge < -0.3 is 10.2 Å². The first-order valence-electron chi connectivity index (χ1n) is 6.04. The molecule has 1 aromatic rings. The topological polar surface area (TPSA) is 15.3 Å². The number of hydrogen-bond donors (Lipinski definition) is 1. The van der Waals surface area contributed by atoms with Crippen LogP contribution in [0.3, 0.4) is 0 Å². The predicted octanol–water partition coefficient (Wildman–Crippen LogP) is 2.89. The summed E-state index contributed by atoms with van der Waals surface area (Å²) in [5.74, 6) is 0. The highest BCUT2D eigenvalue weighted by Gasteiger charge is 2.30. The third-order valence-electron chi connectivity index (χ3n) is 3.12. The van der Waals surface area contributed by atoms with Crippen LogP contribution < -0.4 is 10.2 Å². The van der Waals surface area contributed by atoms with E-state index in [1.807, 2.05) is 0 Å². The van der Waals surface area contributed by atoms with E-state index in [9.17, 15) is 13.2 Å². The second-order valence-electron chi connectivity index (χ2n) is 4.92. The van der Waals surface area contributed by atoms with E-state index in [0.717, 1.165) is 30.9 Å². The van der Waals surface area contributed by atoms with Crippen LogP contribution >= 0.6 is 0 Å². The Morgan fingerprint density at radius 3 is 2.00 bits per heavy atom. The third-order valence-corrected chi connectivity index (χ3v) is 3.12. The Bertz CT molecular complexity index is 390. The predicted molar refractivity (Wildman–Crippen MR) is 65.7 cm³/mol. The molecule has 1 heterocycles. The maximum absolute atomic E-state index is 12.5. The van der Waals surface area contributed by atoms with Gasteiger partial charge in [-0.25, -0.2) is 0 Å². The number of nitrogens with zero attached hydrogens (tertiary/aromatic N) is 1. The van der Waals surface area contributed by atoms with Gasteiger partial charge in [-0.2, -0.15) is 13.2 Å². The molecule has 1 aliphatic heterocycles. The van der Waals surface area contributed by atoms with Crippen LogP contribution in [0.4, 0.5) is 18.9 Å². The van der Waals surface area contributed by atoms with Crippen molar-refractivity contribution in [1.82, 2.24) is 5.32 Å². The molecule has 5 heteroatoms. The summed E-state index contributed by atoms with van der Waals surface area (Å²) in [5, 5.41) is 3.39. The van der Waals surface area contributed by atoms with Gasteiger partial charge in [-0.15, -0.1) is 0 Å². The van der Waals surface area contributed by atoms with Crippen LogP contribution in [-0.4, -0.2) is 25.2 Å². The van der Waals surface area contributed by atoms with E-state index in [-0.39, 0.29) is 0 Å². The molecule has 0 radical (unpaired) electrons. The fourth-order valence-corrected chi connectivity index (χ4v) is 2.40. The molecule has 18 heavy (non-hydrogen) atoms. The van der Waals surface area contributed by atoms with Crippen molar-refractivity contribution >= 4 is 5.69 Å². The summed E-state index contributed by atoms with van der Waals surface area (Å²) in [5.41, 5.74) is 0.255. The van der Waals surface area contributed by atoms with Gasteiger partial charge >= 0.3 is 6.18 Å². The molecule has 0 amide bonds. The Balaban J connectivity index is 2.14. The van der Waals surface area contributed by atoms with Gasteiger partial charge in [-0.3, -0.25) is 0 Å². The largest absolute Gasteiger partial charge is 0.416 e. The molecule has 1 aliphatic rings. The highest BCUT2D eigenvalue weighted by molar-refractivity contribution is 5.49. The first-order chi connectivity index (χ1) is 8.36. The minimum atomic E-state index is -4.26. The molecule has 1 saturated heterocycles. The minimum absolute atomic E-state index is 0.344. The average Bonchev–Trinajstić information content (AvgIpc) is 2.27. The maximum atomic E-state index is 12.5. The van der Waals surface area contributed by atoms with Crippen molar-refractivity contribution in [2.24, 2.45) is 0 Å². The second-order valence-corrected chi connectivity index (χ2v) is 4.92. The molecule has 1 fully saturated rings. The van der Waals surface area contributed by atoms with Gasteiger partial charge in [0.2, 0.25) is 0 Å². The van der Waals surface area contributed by atoms with Crippen molar-refractivity contribution in [3.05, 3.63) is 29.8 Å². The summed E-state index contributed by atoms with van der Waals surface area (Å²) in [6, 6.07) is 6.08.